The van der Waals surface area contributed by atoms with E-state index in [1.807, 2.05) is 6.07 Å². The van der Waals surface area contributed by atoms with Crippen molar-refractivity contribution in [2.75, 3.05) is 19.6 Å². The van der Waals surface area contributed by atoms with Crippen molar-refractivity contribution in [2.45, 2.75) is 26.3 Å². The highest BCUT2D eigenvalue weighted by atomic mass is 79.9. The van der Waals surface area contributed by atoms with Crippen LogP contribution in [0.5, 0.6) is 0 Å². The third-order valence-corrected chi connectivity index (χ3v) is 5.34. The van der Waals surface area contributed by atoms with Gasteiger partial charge >= 0.3 is 0 Å². The molecule has 1 aromatic carbocycles. The standard InChI is InChI=1S/C15H19BrFN3S/c1-2-19-5-3-10(4-6-19)9-20-14-7-11(16)12(17)8-13(14)18-15(20)21/h7-8,10H,2-6,9H2,1H3,(H,18,21). The number of aromatic amines is 1. The van der Waals surface area contributed by atoms with E-state index in [2.05, 4.69) is 37.3 Å². The molecule has 3 rings (SSSR count). The third kappa shape index (κ3) is 3.07. The first kappa shape index (κ1) is 15.2. The number of benzene rings is 1. The molecule has 0 spiro atoms. The molecule has 1 N–H and O–H groups in total. The first-order chi connectivity index (χ1) is 10.1. The van der Waals surface area contributed by atoms with Gasteiger partial charge in [0.15, 0.2) is 4.77 Å². The topological polar surface area (TPSA) is 24.0 Å². The van der Waals surface area contributed by atoms with E-state index >= 15 is 0 Å². The Balaban J connectivity index is 1.86. The summed E-state index contributed by atoms with van der Waals surface area (Å²) in [6, 6.07) is 3.32. The van der Waals surface area contributed by atoms with Crippen LogP contribution >= 0.6 is 28.1 Å². The molecule has 0 unspecified atom stereocenters. The van der Waals surface area contributed by atoms with Crippen LogP contribution in [-0.2, 0) is 6.54 Å². The number of imidazole rings is 1. The Hall–Kier alpha value is -0.720. The number of hydrogen-bond donors (Lipinski definition) is 1. The fraction of sp³-hybridized carbons (Fsp3) is 0.533. The second kappa shape index (κ2) is 6.18. The molecule has 0 bridgehead atoms. The lowest BCUT2D eigenvalue weighted by molar-refractivity contribution is 0.181. The van der Waals surface area contributed by atoms with Crippen LogP contribution in [0.2, 0.25) is 0 Å². The van der Waals surface area contributed by atoms with Crippen LogP contribution in [0.3, 0.4) is 0 Å². The number of nitrogens with one attached hydrogen (secondary N) is 1. The molecule has 0 radical (unpaired) electrons. The minimum atomic E-state index is -0.262. The predicted molar refractivity (Wildman–Crippen MR) is 89.6 cm³/mol. The summed E-state index contributed by atoms with van der Waals surface area (Å²) in [5, 5.41) is 0. The van der Waals surface area contributed by atoms with E-state index in [1.165, 1.54) is 18.9 Å². The SMILES string of the molecule is CCN1CCC(Cn2c(=S)[nH]c3cc(F)c(Br)cc32)CC1. The van der Waals surface area contributed by atoms with E-state index in [1.54, 1.807) is 0 Å². The minimum absolute atomic E-state index is 0.262. The largest absolute Gasteiger partial charge is 0.330 e. The van der Waals surface area contributed by atoms with Crippen LogP contribution in [0.15, 0.2) is 16.6 Å². The average Bonchev–Trinajstić information content (AvgIpc) is 2.76. The highest BCUT2D eigenvalue weighted by molar-refractivity contribution is 9.10. The third-order valence-electron chi connectivity index (χ3n) is 4.41. The number of likely N-dealkylation sites (tertiary alicyclic amines) is 1. The van der Waals surface area contributed by atoms with Crippen LogP contribution in [-0.4, -0.2) is 34.1 Å². The van der Waals surface area contributed by atoms with Gasteiger partial charge in [0, 0.05) is 12.6 Å². The minimum Gasteiger partial charge on any atom is -0.330 e. The Morgan fingerprint density at radius 1 is 1.38 bits per heavy atom. The van der Waals surface area contributed by atoms with E-state index in [-0.39, 0.29) is 5.82 Å². The normalized spacial score (nSPS) is 17.7. The number of nitrogens with zero attached hydrogens (tertiary/aromatic N) is 2. The summed E-state index contributed by atoms with van der Waals surface area (Å²) >= 11 is 8.67. The zero-order chi connectivity index (χ0) is 15.0. The monoisotopic (exact) mass is 371 g/mol. The number of hydrogen-bond acceptors (Lipinski definition) is 2. The summed E-state index contributed by atoms with van der Waals surface area (Å²) in [6.07, 6.45) is 2.40. The van der Waals surface area contributed by atoms with Gasteiger partial charge in [0.25, 0.3) is 0 Å². The molecule has 2 aromatic rings. The zero-order valence-corrected chi connectivity index (χ0v) is 14.4. The molecule has 1 saturated heterocycles. The first-order valence-corrected chi connectivity index (χ1v) is 8.58. The molecule has 0 aliphatic carbocycles. The molecule has 1 fully saturated rings. The highest BCUT2D eigenvalue weighted by Gasteiger charge is 2.20. The van der Waals surface area contributed by atoms with Gasteiger partial charge in [0.1, 0.15) is 5.82 Å². The number of rotatable bonds is 3. The van der Waals surface area contributed by atoms with Gasteiger partial charge in [-0.05, 0) is 72.6 Å². The number of halogens is 2. The number of piperidine rings is 1. The average molecular weight is 372 g/mol. The van der Waals surface area contributed by atoms with Gasteiger partial charge < -0.3 is 14.5 Å². The Bertz CT molecular complexity index is 701. The van der Waals surface area contributed by atoms with Gasteiger partial charge in [-0.2, -0.15) is 0 Å². The molecule has 1 aliphatic heterocycles. The maximum absolute atomic E-state index is 13.6. The summed E-state index contributed by atoms with van der Waals surface area (Å²) < 4.78 is 16.9. The van der Waals surface area contributed by atoms with Crippen molar-refractivity contribution in [2.24, 2.45) is 5.92 Å². The Labute approximate surface area is 137 Å². The van der Waals surface area contributed by atoms with Crippen molar-refractivity contribution in [1.82, 2.24) is 14.5 Å². The van der Waals surface area contributed by atoms with Gasteiger partial charge in [-0.1, -0.05) is 6.92 Å². The number of H-pyrrole nitrogens is 1. The van der Waals surface area contributed by atoms with Crippen LogP contribution in [0.4, 0.5) is 4.39 Å². The summed E-state index contributed by atoms with van der Waals surface area (Å²) in [5.74, 6) is 0.379. The lowest BCUT2D eigenvalue weighted by Gasteiger charge is -2.31. The van der Waals surface area contributed by atoms with E-state index in [4.69, 9.17) is 12.2 Å². The predicted octanol–water partition coefficient (Wildman–Crippen LogP) is 4.33. The van der Waals surface area contributed by atoms with E-state index in [0.29, 0.717) is 15.2 Å². The molecular weight excluding hydrogens is 353 g/mol. The second-order valence-electron chi connectivity index (χ2n) is 5.70. The lowest BCUT2D eigenvalue weighted by Crippen LogP contribution is -2.34. The second-order valence-corrected chi connectivity index (χ2v) is 6.94. The first-order valence-electron chi connectivity index (χ1n) is 7.38. The summed E-state index contributed by atoms with van der Waals surface area (Å²) in [5.41, 5.74) is 1.75. The number of fused-ring (bicyclic) bond motifs is 1. The summed E-state index contributed by atoms with van der Waals surface area (Å²) in [4.78, 5) is 5.59. The molecule has 1 aliphatic rings. The van der Waals surface area contributed by atoms with Gasteiger partial charge in [0.2, 0.25) is 0 Å². The highest BCUT2D eigenvalue weighted by Crippen LogP contribution is 2.26. The van der Waals surface area contributed by atoms with Crippen molar-refractivity contribution in [3.05, 3.63) is 27.2 Å². The summed E-state index contributed by atoms with van der Waals surface area (Å²) in [7, 11) is 0. The van der Waals surface area contributed by atoms with Gasteiger partial charge in [-0.3, -0.25) is 0 Å². The molecular formula is C15H19BrFN3S. The lowest BCUT2D eigenvalue weighted by atomic mass is 9.97. The fourth-order valence-corrected chi connectivity index (χ4v) is 3.69. The van der Waals surface area contributed by atoms with Gasteiger partial charge in [-0.25, -0.2) is 4.39 Å². The van der Waals surface area contributed by atoms with Crippen LogP contribution < -0.4 is 0 Å². The molecule has 21 heavy (non-hydrogen) atoms. The van der Waals surface area contributed by atoms with E-state index in [9.17, 15) is 4.39 Å². The van der Waals surface area contributed by atoms with E-state index < -0.39 is 0 Å². The molecule has 0 amide bonds. The smallest absolute Gasteiger partial charge is 0.178 e. The van der Waals surface area contributed by atoms with Crippen molar-refractivity contribution in [3.63, 3.8) is 0 Å². The molecule has 1 aromatic heterocycles. The number of aromatic nitrogens is 2. The van der Waals surface area contributed by atoms with Gasteiger partial charge in [-0.15, -0.1) is 0 Å². The maximum atomic E-state index is 13.6. The zero-order valence-electron chi connectivity index (χ0n) is 12.0. The molecule has 114 valence electrons. The molecule has 0 atom stereocenters. The Morgan fingerprint density at radius 2 is 2.10 bits per heavy atom. The molecule has 2 heterocycles. The molecule has 3 nitrogen and oxygen atoms in total. The molecule has 0 saturated carbocycles. The molecule has 6 heteroatoms. The Kier molecular flexibility index (Phi) is 4.47. The quantitative estimate of drug-likeness (QED) is 0.811. The maximum Gasteiger partial charge on any atom is 0.178 e. The summed E-state index contributed by atoms with van der Waals surface area (Å²) in [6.45, 7) is 6.58. The van der Waals surface area contributed by atoms with Crippen LogP contribution in [0.25, 0.3) is 11.0 Å². The van der Waals surface area contributed by atoms with E-state index in [0.717, 1.165) is 37.2 Å². The van der Waals surface area contributed by atoms with Crippen molar-refractivity contribution >= 4 is 39.2 Å². The van der Waals surface area contributed by atoms with Gasteiger partial charge in [0.05, 0.1) is 15.5 Å². The van der Waals surface area contributed by atoms with Crippen molar-refractivity contribution in [3.8, 4) is 0 Å². The Morgan fingerprint density at radius 3 is 2.76 bits per heavy atom. The van der Waals surface area contributed by atoms with Crippen molar-refractivity contribution in [1.29, 1.82) is 0 Å². The van der Waals surface area contributed by atoms with Crippen molar-refractivity contribution < 1.29 is 4.39 Å². The van der Waals surface area contributed by atoms with Crippen LogP contribution in [0, 0.1) is 16.5 Å². The fourth-order valence-electron chi connectivity index (χ4n) is 3.08. The van der Waals surface area contributed by atoms with Crippen LogP contribution in [0.1, 0.15) is 19.8 Å².